The highest BCUT2D eigenvalue weighted by molar-refractivity contribution is 6.30. The van der Waals surface area contributed by atoms with Crippen LogP contribution in [0.5, 0.6) is 0 Å². The molecule has 1 aromatic heterocycles. The summed E-state index contributed by atoms with van der Waals surface area (Å²) in [6.07, 6.45) is 4.58. The molecular weight excluding hydrogens is 378 g/mol. The SMILES string of the molecule is Cn1cc(C2CC2C(=O)NCC(=O)N2CCN(c3ccc(Cl)cc3)CC2)cn1. The zero-order valence-corrected chi connectivity index (χ0v) is 16.6. The van der Waals surface area contributed by atoms with Gasteiger partial charge in [0, 0.05) is 56.1 Å². The first kappa shape index (κ1) is 18.8. The number of aromatic nitrogens is 2. The Kier molecular flexibility index (Phi) is 5.26. The van der Waals surface area contributed by atoms with E-state index in [1.807, 2.05) is 48.6 Å². The number of amides is 2. The van der Waals surface area contributed by atoms with Crippen LogP contribution in [-0.2, 0) is 16.6 Å². The zero-order valence-electron chi connectivity index (χ0n) is 15.8. The number of piperazine rings is 1. The van der Waals surface area contributed by atoms with Crippen LogP contribution in [0.1, 0.15) is 17.9 Å². The molecule has 0 spiro atoms. The molecule has 1 aliphatic carbocycles. The van der Waals surface area contributed by atoms with E-state index in [1.165, 1.54) is 0 Å². The van der Waals surface area contributed by atoms with Crippen LogP contribution in [-0.4, -0.2) is 59.2 Å². The number of carbonyl (C=O) groups excluding carboxylic acids is 2. The number of nitrogens with zero attached hydrogens (tertiary/aromatic N) is 4. The van der Waals surface area contributed by atoms with Crippen LogP contribution < -0.4 is 10.2 Å². The number of halogens is 1. The molecule has 148 valence electrons. The van der Waals surface area contributed by atoms with Crippen molar-refractivity contribution in [3.05, 3.63) is 47.2 Å². The molecule has 2 fully saturated rings. The Hall–Kier alpha value is -2.54. The van der Waals surface area contributed by atoms with Crippen molar-refractivity contribution in [2.75, 3.05) is 37.6 Å². The smallest absolute Gasteiger partial charge is 0.242 e. The van der Waals surface area contributed by atoms with Gasteiger partial charge in [-0.25, -0.2) is 0 Å². The van der Waals surface area contributed by atoms with E-state index in [-0.39, 0.29) is 30.2 Å². The van der Waals surface area contributed by atoms with Gasteiger partial charge in [0.15, 0.2) is 0 Å². The van der Waals surface area contributed by atoms with Gasteiger partial charge >= 0.3 is 0 Å². The zero-order chi connectivity index (χ0) is 19.7. The number of aryl methyl sites for hydroxylation is 1. The Morgan fingerprint density at radius 2 is 1.89 bits per heavy atom. The molecule has 4 rings (SSSR count). The maximum atomic E-state index is 12.5. The second-order valence-corrected chi connectivity index (χ2v) is 7.89. The monoisotopic (exact) mass is 401 g/mol. The van der Waals surface area contributed by atoms with Gasteiger partial charge in [-0.15, -0.1) is 0 Å². The molecule has 2 unspecified atom stereocenters. The lowest BCUT2D eigenvalue weighted by Gasteiger charge is -2.36. The number of nitrogens with one attached hydrogen (secondary N) is 1. The Morgan fingerprint density at radius 3 is 2.54 bits per heavy atom. The molecule has 1 saturated carbocycles. The van der Waals surface area contributed by atoms with Crippen LogP contribution in [0.4, 0.5) is 5.69 Å². The van der Waals surface area contributed by atoms with Gasteiger partial charge in [-0.05, 0) is 42.2 Å². The van der Waals surface area contributed by atoms with E-state index in [0.29, 0.717) is 13.1 Å². The lowest BCUT2D eigenvalue weighted by molar-refractivity contribution is -0.133. The quantitative estimate of drug-likeness (QED) is 0.826. The Balaban J connectivity index is 1.21. The van der Waals surface area contributed by atoms with Crippen LogP contribution in [0.2, 0.25) is 5.02 Å². The van der Waals surface area contributed by atoms with Crippen LogP contribution in [0.3, 0.4) is 0 Å². The summed E-state index contributed by atoms with van der Waals surface area (Å²) in [5.74, 6) is 0.121. The number of benzene rings is 1. The van der Waals surface area contributed by atoms with Crippen molar-refractivity contribution in [1.82, 2.24) is 20.0 Å². The van der Waals surface area contributed by atoms with Crippen molar-refractivity contribution in [2.45, 2.75) is 12.3 Å². The molecule has 1 saturated heterocycles. The van der Waals surface area contributed by atoms with E-state index in [1.54, 1.807) is 4.68 Å². The fourth-order valence-electron chi connectivity index (χ4n) is 3.76. The van der Waals surface area contributed by atoms with Crippen molar-refractivity contribution in [1.29, 1.82) is 0 Å². The summed E-state index contributed by atoms with van der Waals surface area (Å²) in [6, 6.07) is 7.74. The Bertz CT molecular complexity index is 858. The largest absolute Gasteiger partial charge is 0.368 e. The normalized spacial score (nSPS) is 21.5. The van der Waals surface area contributed by atoms with Crippen molar-refractivity contribution in [2.24, 2.45) is 13.0 Å². The fourth-order valence-corrected chi connectivity index (χ4v) is 3.88. The predicted octanol–water partition coefficient (Wildman–Crippen LogP) is 1.64. The molecule has 28 heavy (non-hydrogen) atoms. The van der Waals surface area contributed by atoms with Crippen molar-refractivity contribution in [3.8, 4) is 0 Å². The Morgan fingerprint density at radius 1 is 1.18 bits per heavy atom. The highest BCUT2D eigenvalue weighted by atomic mass is 35.5. The molecule has 1 aromatic carbocycles. The molecule has 2 heterocycles. The minimum atomic E-state index is -0.0428. The summed E-state index contributed by atoms with van der Waals surface area (Å²) in [5, 5.41) is 7.68. The Labute approximate surface area is 169 Å². The number of rotatable bonds is 5. The minimum Gasteiger partial charge on any atom is -0.368 e. The average molecular weight is 402 g/mol. The second-order valence-electron chi connectivity index (χ2n) is 7.46. The summed E-state index contributed by atoms with van der Waals surface area (Å²) in [5.41, 5.74) is 2.20. The van der Waals surface area contributed by atoms with Gasteiger partial charge in [-0.3, -0.25) is 14.3 Å². The van der Waals surface area contributed by atoms with E-state index in [0.717, 1.165) is 35.8 Å². The van der Waals surface area contributed by atoms with Crippen LogP contribution in [0.25, 0.3) is 0 Å². The number of carbonyl (C=O) groups is 2. The third-order valence-corrected chi connectivity index (χ3v) is 5.77. The molecule has 7 nitrogen and oxygen atoms in total. The predicted molar refractivity (Wildman–Crippen MR) is 107 cm³/mol. The molecule has 2 aliphatic rings. The molecule has 1 N–H and O–H groups in total. The fraction of sp³-hybridized carbons (Fsp3) is 0.450. The van der Waals surface area contributed by atoms with Crippen molar-refractivity contribution < 1.29 is 9.59 Å². The summed E-state index contributed by atoms with van der Waals surface area (Å²) >= 11 is 5.94. The molecule has 2 atom stereocenters. The molecule has 0 radical (unpaired) electrons. The van der Waals surface area contributed by atoms with E-state index < -0.39 is 0 Å². The molecule has 2 amide bonds. The van der Waals surface area contributed by atoms with E-state index in [4.69, 9.17) is 11.6 Å². The average Bonchev–Trinajstić information content (AvgIpc) is 3.40. The summed E-state index contributed by atoms with van der Waals surface area (Å²) in [6.45, 7) is 2.91. The van der Waals surface area contributed by atoms with Crippen LogP contribution in [0, 0.1) is 5.92 Å². The van der Waals surface area contributed by atoms with Gasteiger partial charge in [-0.2, -0.15) is 5.10 Å². The molecule has 8 heteroatoms. The third kappa shape index (κ3) is 4.14. The second kappa shape index (κ2) is 7.83. The first-order valence-corrected chi connectivity index (χ1v) is 9.93. The maximum Gasteiger partial charge on any atom is 0.242 e. The van der Waals surface area contributed by atoms with Crippen LogP contribution >= 0.6 is 11.6 Å². The molecular formula is C20H24ClN5O2. The van der Waals surface area contributed by atoms with Gasteiger partial charge in [0.05, 0.1) is 12.7 Å². The standard InChI is InChI=1S/C20H24ClN5O2/c1-24-13-14(11-23-24)17-10-18(17)20(28)22-12-19(27)26-8-6-25(7-9-26)16-4-2-15(21)3-5-16/h2-5,11,13,17-18H,6-10,12H2,1H3,(H,22,28). The lowest BCUT2D eigenvalue weighted by Crippen LogP contribution is -2.51. The van der Waals surface area contributed by atoms with E-state index in [9.17, 15) is 9.59 Å². The van der Waals surface area contributed by atoms with Gasteiger partial charge in [-0.1, -0.05) is 11.6 Å². The summed E-state index contributed by atoms with van der Waals surface area (Å²) in [4.78, 5) is 28.8. The van der Waals surface area contributed by atoms with Crippen molar-refractivity contribution >= 4 is 29.1 Å². The highest BCUT2D eigenvalue weighted by Gasteiger charge is 2.44. The van der Waals surface area contributed by atoms with Gasteiger partial charge in [0.2, 0.25) is 11.8 Å². The first-order valence-electron chi connectivity index (χ1n) is 9.56. The number of anilines is 1. The maximum absolute atomic E-state index is 12.5. The minimum absolute atomic E-state index is 0.0253. The van der Waals surface area contributed by atoms with Gasteiger partial charge in [0.1, 0.15) is 0 Å². The number of hydrogen-bond donors (Lipinski definition) is 1. The topological polar surface area (TPSA) is 70.5 Å². The molecule has 1 aliphatic heterocycles. The number of hydrogen-bond acceptors (Lipinski definition) is 4. The highest BCUT2D eigenvalue weighted by Crippen LogP contribution is 2.47. The van der Waals surface area contributed by atoms with Gasteiger partial charge in [0.25, 0.3) is 0 Å². The summed E-state index contributed by atoms with van der Waals surface area (Å²) in [7, 11) is 1.87. The summed E-state index contributed by atoms with van der Waals surface area (Å²) < 4.78 is 1.75. The molecule has 0 bridgehead atoms. The third-order valence-electron chi connectivity index (χ3n) is 5.52. The van der Waals surface area contributed by atoms with E-state index >= 15 is 0 Å². The van der Waals surface area contributed by atoms with Gasteiger partial charge < -0.3 is 15.1 Å². The first-order chi connectivity index (χ1) is 13.5. The van der Waals surface area contributed by atoms with Crippen LogP contribution in [0.15, 0.2) is 36.7 Å². The molecule has 2 aromatic rings. The van der Waals surface area contributed by atoms with E-state index in [2.05, 4.69) is 15.3 Å². The lowest BCUT2D eigenvalue weighted by atomic mass is 10.2. The van der Waals surface area contributed by atoms with Crippen molar-refractivity contribution in [3.63, 3.8) is 0 Å².